The molecule has 20 heavy (non-hydrogen) atoms. The number of halogens is 1. The van der Waals surface area contributed by atoms with Crippen LogP contribution in [0.25, 0.3) is 0 Å². The molecule has 0 bridgehead atoms. The zero-order valence-electron chi connectivity index (χ0n) is 10.7. The van der Waals surface area contributed by atoms with Crippen LogP contribution >= 0.6 is 11.6 Å². The molecule has 1 heterocycles. The predicted octanol–water partition coefficient (Wildman–Crippen LogP) is 1.09. The first-order chi connectivity index (χ1) is 9.61. The molecule has 0 aliphatic carbocycles. The minimum atomic E-state index is -0.571. The van der Waals surface area contributed by atoms with Crippen molar-refractivity contribution < 1.29 is 10.0 Å². The lowest BCUT2D eigenvalue weighted by molar-refractivity contribution is -0.404. The van der Waals surface area contributed by atoms with E-state index in [4.69, 9.17) is 16.7 Å². The van der Waals surface area contributed by atoms with Crippen molar-refractivity contribution in [1.29, 1.82) is 0 Å². The van der Waals surface area contributed by atoms with Crippen molar-refractivity contribution in [3.63, 3.8) is 0 Å². The molecular formula is C11H16ClN5O3. The molecule has 0 atom stereocenters. The summed E-state index contributed by atoms with van der Waals surface area (Å²) in [7, 11) is 0. The van der Waals surface area contributed by atoms with Crippen molar-refractivity contribution in [2.75, 3.05) is 18.6 Å². The number of rotatable bonds is 9. The van der Waals surface area contributed by atoms with Crippen molar-refractivity contribution in [3.05, 3.63) is 45.5 Å². The molecule has 0 unspecified atom stereocenters. The molecule has 0 aliphatic heterocycles. The average Bonchev–Trinajstić information content (AvgIpc) is 2.42. The Hall–Kier alpha value is -2.06. The van der Waals surface area contributed by atoms with Gasteiger partial charge < -0.3 is 10.4 Å². The van der Waals surface area contributed by atoms with E-state index in [0.717, 1.165) is 6.20 Å². The summed E-state index contributed by atoms with van der Waals surface area (Å²) in [4.78, 5) is 13.9. The summed E-state index contributed by atoms with van der Waals surface area (Å²) >= 11 is 5.70. The van der Waals surface area contributed by atoms with Gasteiger partial charge in [-0.2, -0.15) is 0 Å². The van der Waals surface area contributed by atoms with Gasteiger partial charge in [0.05, 0.1) is 9.95 Å². The molecule has 0 aliphatic rings. The highest BCUT2D eigenvalue weighted by Gasteiger charge is 2.02. The molecule has 1 aromatic heterocycles. The van der Waals surface area contributed by atoms with Crippen LogP contribution in [0.3, 0.4) is 0 Å². The summed E-state index contributed by atoms with van der Waals surface area (Å²) < 4.78 is 0. The lowest BCUT2D eigenvalue weighted by Gasteiger charge is -2.12. The minimum absolute atomic E-state index is 0.0936. The maximum Gasteiger partial charge on any atom is 0.275 e. The number of nitro groups is 1. The second-order valence-corrected chi connectivity index (χ2v) is 4.23. The van der Waals surface area contributed by atoms with Gasteiger partial charge in [0.2, 0.25) is 0 Å². The monoisotopic (exact) mass is 301 g/mol. The van der Waals surface area contributed by atoms with Crippen LogP contribution in [0.2, 0.25) is 5.02 Å². The molecule has 9 heteroatoms. The van der Waals surface area contributed by atoms with Crippen molar-refractivity contribution in [2.24, 2.45) is 0 Å². The summed E-state index contributed by atoms with van der Waals surface area (Å²) in [6.07, 6.45) is 3.59. The van der Waals surface area contributed by atoms with E-state index in [0.29, 0.717) is 30.2 Å². The quantitative estimate of drug-likeness (QED) is 0.307. The number of hydrogen-bond donors (Lipinski definition) is 4. The molecule has 0 amide bonds. The zero-order chi connectivity index (χ0) is 14.8. The highest BCUT2D eigenvalue weighted by atomic mass is 35.5. The number of aliphatic hydroxyl groups is 1. The standard InChI is InChI=1S/C11H16ClN5O3/c12-9-3-4-10(14-7-9)15-16-11(8-17(19)20)13-5-1-2-6-18/h3-4,7-8,13,16,18H,1-2,5-6H2,(H,14,15)/b11-8-. The van der Waals surface area contributed by atoms with E-state index in [1.54, 1.807) is 12.1 Å². The molecule has 1 aromatic rings. The maximum atomic E-state index is 10.5. The second kappa shape index (κ2) is 8.94. The van der Waals surface area contributed by atoms with Gasteiger partial charge >= 0.3 is 0 Å². The van der Waals surface area contributed by atoms with E-state index in [1.807, 2.05) is 0 Å². The molecule has 4 N–H and O–H groups in total. The Morgan fingerprint density at radius 3 is 2.90 bits per heavy atom. The van der Waals surface area contributed by atoms with Gasteiger partial charge in [-0.1, -0.05) is 11.6 Å². The van der Waals surface area contributed by atoms with Gasteiger partial charge in [0.1, 0.15) is 5.82 Å². The number of nitrogens with one attached hydrogen (secondary N) is 3. The number of hydrazine groups is 1. The third-order valence-corrected chi connectivity index (χ3v) is 2.41. The average molecular weight is 302 g/mol. The van der Waals surface area contributed by atoms with E-state index in [-0.39, 0.29) is 12.4 Å². The Bertz CT molecular complexity index is 452. The molecule has 8 nitrogen and oxygen atoms in total. The highest BCUT2D eigenvalue weighted by molar-refractivity contribution is 6.30. The molecule has 110 valence electrons. The van der Waals surface area contributed by atoms with Gasteiger partial charge in [-0.15, -0.1) is 0 Å². The number of pyridine rings is 1. The van der Waals surface area contributed by atoms with Crippen LogP contribution in [0.4, 0.5) is 5.82 Å². The van der Waals surface area contributed by atoms with E-state index >= 15 is 0 Å². The fraction of sp³-hybridized carbons (Fsp3) is 0.364. The summed E-state index contributed by atoms with van der Waals surface area (Å²) in [6, 6.07) is 3.27. The van der Waals surface area contributed by atoms with Gasteiger partial charge in [-0.05, 0) is 25.0 Å². The molecule has 0 aromatic carbocycles. The largest absolute Gasteiger partial charge is 0.396 e. The lowest BCUT2D eigenvalue weighted by atomic mass is 10.3. The Morgan fingerprint density at radius 1 is 1.50 bits per heavy atom. The lowest BCUT2D eigenvalue weighted by Crippen LogP contribution is -2.32. The molecule has 0 radical (unpaired) electrons. The zero-order valence-corrected chi connectivity index (χ0v) is 11.4. The van der Waals surface area contributed by atoms with Crippen LogP contribution in [-0.4, -0.2) is 28.2 Å². The smallest absolute Gasteiger partial charge is 0.275 e. The van der Waals surface area contributed by atoms with Gasteiger partial charge in [0.15, 0.2) is 5.82 Å². The molecule has 0 spiro atoms. The SMILES string of the molecule is O=[N+]([O-])/C=C(/NCCCCO)NNc1ccc(Cl)cn1. The second-order valence-electron chi connectivity index (χ2n) is 3.80. The summed E-state index contributed by atoms with van der Waals surface area (Å²) in [6.45, 7) is 0.597. The van der Waals surface area contributed by atoms with Crippen molar-refractivity contribution in [3.8, 4) is 0 Å². The van der Waals surface area contributed by atoms with Crippen molar-refractivity contribution >= 4 is 17.4 Å². The van der Waals surface area contributed by atoms with Crippen LogP contribution < -0.4 is 16.2 Å². The number of anilines is 1. The molecular weight excluding hydrogens is 286 g/mol. The summed E-state index contributed by atoms with van der Waals surface area (Å²) in [5, 5.41) is 22.5. The maximum absolute atomic E-state index is 10.5. The molecule has 0 saturated heterocycles. The van der Waals surface area contributed by atoms with Gasteiger partial charge in [-0.3, -0.25) is 21.0 Å². The van der Waals surface area contributed by atoms with Gasteiger partial charge in [-0.25, -0.2) is 4.98 Å². The molecule has 0 saturated carbocycles. The number of aliphatic hydroxyl groups excluding tert-OH is 1. The number of hydrogen-bond acceptors (Lipinski definition) is 7. The van der Waals surface area contributed by atoms with E-state index in [1.165, 1.54) is 6.20 Å². The highest BCUT2D eigenvalue weighted by Crippen LogP contribution is 2.08. The van der Waals surface area contributed by atoms with Crippen molar-refractivity contribution in [2.45, 2.75) is 12.8 Å². The van der Waals surface area contributed by atoms with Crippen LogP contribution in [0, 0.1) is 10.1 Å². The minimum Gasteiger partial charge on any atom is -0.396 e. The third kappa shape index (κ3) is 6.76. The first kappa shape index (κ1) is 16.0. The third-order valence-electron chi connectivity index (χ3n) is 2.19. The first-order valence-electron chi connectivity index (χ1n) is 5.95. The van der Waals surface area contributed by atoms with Crippen LogP contribution in [0.1, 0.15) is 12.8 Å². The summed E-state index contributed by atoms with van der Waals surface area (Å²) in [5.74, 6) is 0.672. The number of nitrogens with zero attached hydrogens (tertiary/aromatic N) is 2. The fourth-order valence-electron chi connectivity index (χ4n) is 1.27. The van der Waals surface area contributed by atoms with Crippen molar-refractivity contribution in [1.82, 2.24) is 15.7 Å². The Balaban J connectivity index is 2.48. The van der Waals surface area contributed by atoms with Gasteiger partial charge in [0, 0.05) is 19.3 Å². The van der Waals surface area contributed by atoms with Crippen LogP contribution in [0.15, 0.2) is 30.4 Å². The van der Waals surface area contributed by atoms with E-state index in [2.05, 4.69) is 21.2 Å². The Morgan fingerprint density at radius 2 is 2.30 bits per heavy atom. The number of aromatic nitrogens is 1. The first-order valence-corrected chi connectivity index (χ1v) is 6.33. The van der Waals surface area contributed by atoms with Crippen LogP contribution in [-0.2, 0) is 0 Å². The molecule has 1 rings (SSSR count). The van der Waals surface area contributed by atoms with E-state index in [9.17, 15) is 10.1 Å². The van der Waals surface area contributed by atoms with Gasteiger partial charge in [0.25, 0.3) is 6.20 Å². The normalized spacial score (nSPS) is 11.0. The Kier molecular flexibility index (Phi) is 7.15. The summed E-state index contributed by atoms with van der Waals surface area (Å²) in [5.41, 5.74) is 5.37. The molecule has 0 fully saturated rings. The number of unbranched alkanes of at least 4 members (excludes halogenated alkanes) is 1. The van der Waals surface area contributed by atoms with Crippen LogP contribution in [0.5, 0.6) is 0 Å². The van der Waals surface area contributed by atoms with E-state index < -0.39 is 4.92 Å². The fourth-order valence-corrected chi connectivity index (χ4v) is 1.38. The Labute approximate surface area is 121 Å². The predicted molar refractivity (Wildman–Crippen MR) is 75.4 cm³/mol. The topological polar surface area (TPSA) is 112 Å².